The van der Waals surface area contributed by atoms with Crippen LogP contribution in [0.25, 0.3) is 0 Å². The highest BCUT2D eigenvalue weighted by Crippen LogP contribution is 2.43. The van der Waals surface area contributed by atoms with Crippen molar-refractivity contribution >= 4 is 20.2 Å². The number of hydrogen-bond acceptors (Lipinski definition) is 8. The molecule has 1 aliphatic heterocycles. The lowest BCUT2D eigenvalue weighted by Gasteiger charge is -2.30. The van der Waals surface area contributed by atoms with Crippen LogP contribution in [0.4, 0.5) is 0 Å². The van der Waals surface area contributed by atoms with Crippen LogP contribution in [0.15, 0.2) is 0 Å². The van der Waals surface area contributed by atoms with E-state index in [1.54, 1.807) is 0 Å². The zero-order valence-electron chi connectivity index (χ0n) is 19.9. The number of rotatable bonds is 15. The van der Waals surface area contributed by atoms with E-state index in [1.165, 1.54) is 25.7 Å². The number of hydrogen-bond donors (Lipinski definition) is 0. The molecule has 2 rings (SSSR count). The van der Waals surface area contributed by atoms with Gasteiger partial charge in [0.25, 0.3) is 20.2 Å². The Hall–Kier alpha value is -0.260. The van der Waals surface area contributed by atoms with E-state index >= 15 is 0 Å². The minimum atomic E-state index is -3.66. The molecule has 0 aromatic rings. The summed E-state index contributed by atoms with van der Waals surface area (Å²) >= 11 is 0. The van der Waals surface area contributed by atoms with E-state index in [0.29, 0.717) is 19.4 Å². The van der Waals surface area contributed by atoms with Crippen LogP contribution in [-0.4, -0.2) is 61.1 Å². The molecule has 2 unspecified atom stereocenters. The highest BCUT2D eigenvalue weighted by molar-refractivity contribution is 7.86. The lowest BCUT2D eigenvalue weighted by Crippen LogP contribution is -2.31. The van der Waals surface area contributed by atoms with Gasteiger partial charge in [0.2, 0.25) is 0 Å². The molecule has 32 heavy (non-hydrogen) atoms. The predicted molar refractivity (Wildman–Crippen MR) is 123 cm³/mol. The van der Waals surface area contributed by atoms with E-state index in [0.717, 1.165) is 51.0 Å². The van der Waals surface area contributed by atoms with Crippen molar-refractivity contribution in [3.63, 3.8) is 0 Å². The second-order valence-corrected chi connectivity index (χ2v) is 12.5. The van der Waals surface area contributed by atoms with Crippen molar-refractivity contribution in [2.45, 2.75) is 102 Å². The maximum Gasteiger partial charge on any atom is 0.264 e. The summed E-state index contributed by atoms with van der Waals surface area (Å²) in [4.78, 5) is 0. The van der Waals surface area contributed by atoms with Gasteiger partial charge >= 0.3 is 0 Å². The third-order valence-electron chi connectivity index (χ3n) is 6.37. The third-order valence-corrected chi connectivity index (χ3v) is 7.56. The molecule has 8 nitrogen and oxygen atoms in total. The van der Waals surface area contributed by atoms with E-state index in [-0.39, 0.29) is 30.8 Å². The molecule has 0 N–H and O–H groups in total. The van der Waals surface area contributed by atoms with Gasteiger partial charge in [-0.05, 0) is 43.9 Å². The van der Waals surface area contributed by atoms with Crippen LogP contribution in [0.1, 0.15) is 84.0 Å². The first-order valence-corrected chi connectivity index (χ1v) is 15.7. The second kappa shape index (κ2) is 13.6. The van der Waals surface area contributed by atoms with E-state index in [2.05, 4.69) is 6.92 Å². The topological polar surface area (TPSA) is 105 Å². The van der Waals surface area contributed by atoms with E-state index < -0.39 is 26.3 Å². The molecule has 2 aliphatic rings. The Bertz CT molecular complexity index is 731. The molecule has 0 spiro atoms. The van der Waals surface area contributed by atoms with Gasteiger partial charge in [0.05, 0.1) is 31.3 Å². The molecule has 1 saturated heterocycles. The predicted octanol–water partition coefficient (Wildman–Crippen LogP) is 4.00. The van der Waals surface area contributed by atoms with Crippen LogP contribution in [0.3, 0.4) is 0 Å². The van der Waals surface area contributed by atoms with Gasteiger partial charge in [0.1, 0.15) is 0 Å². The molecule has 0 bridgehead atoms. The lowest BCUT2D eigenvalue weighted by molar-refractivity contribution is -0.196. The average Bonchev–Trinajstić information content (AvgIpc) is 2.99. The van der Waals surface area contributed by atoms with Crippen LogP contribution in [-0.2, 0) is 38.1 Å². The van der Waals surface area contributed by atoms with Gasteiger partial charge in [-0.15, -0.1) is 0 Å². The molecule has 0 radical (unpaired) electrons. The van der Waals surface area contributed by atoms with Crippen molar-refractivity contribution in [1.29, 1.82) is 0 Å². The summed E-state index contributed by atoms with van der Waals surface area (Å²) in [6.45, 7) is 2.88. The summed E-state index contributed by atoms with van der Waals surface area (Å²) in [6.07, 6.45) is 12.7. The van der Waals surface area contributed by atoms with Crippen LogP contribution >= 0.6 is 0 Å². The molecule has 1 heterocycles. The van der Waals surface area contributed by atoms with Crippen molar-refractivity contribution in [2.75, 3.05) is 25.7 Å². The van der Waals surface area contributed by atoms with Crippen LogP contribution in [0.2, 0.25) is 0 Å². The SMILES string of the molecule is CCCCCCCCC1[C@@H](CCOS(C)(=O)=O)[C@@H](OS(C)(=O)=O)C[C@H]1OC1CCCCO1. The van der Waals surface area contributed by atoms with E-state index in [9.17, 15) is 16.8 Å². The van der Waals surface area contributed by atoms with Crippen molar-refractivity contribution in [2.24, 2.45) is 11.8 Å². The minimum Gasteiger partial charge on any atom is -0.353 e. The molecule has 10 heteroatoms. The number of ether oxygens (including phenoxy) is 2. The fourth-order valence-corrected chi connectivity index (χ4v) is 6.00. The van der Waals surface area contributed by atoms with Gasteiger partial charge in [0, 0.05) is 13.0 Å². The van der Waals surface area contributed by atoms with Gasteiger partial charge in [0.15, 0.2) is 6.29 Å². The third kappa shape index (κ3) is 10.8. The quantitative estimate of drug-likeness (QED) is 0.246. The van der Waals surface area contributed by atoms with Crippen LogP contribution < -0.4 is 0 Å². The van der Waals surface area contributed by atoms with Gasteiger partial charge in [-0.2, -0.15) is 16.8 Å². The summed E-state index contributed by atoms with van der Waals surface area (Å²) < 4.78 is 69.2. The average molecular weight is 499 g/mol. The molecule has 5 atom stereocenters. The number of unbranched alkanes of at least 4 members (excludes halogenated alkanes) is 5. The Morgan fingerprint density at radius 2 is 1.53 bits per heavy atom. The molecular formula is C22H42O8S2. The Balaban J connectivity index is 2.08. The van der Waals surface area contributed by atoms with Gasteiger partial charge in [-0.25, -0.2) is 0 Å². The first-order valence-electron chi connectivity index (χ1n) is 12.1. The first-order chi connectivity index (χ1) is 15.1. The van der Waals surface area contributed by atoms with Crippen LogP contribution in [0, 0.1) is 11.8 Å². The second-order valence-electron chi connectivity index (χ2n) is 9.24. The molecule has 190 valence electrons. The highest BCUT2D eigenvalue weighted by Gasteiger charge is 2.46. The standard InChI is InChI=1S/C22H42O8S2/c1-4-5-6-7-8-9-12-18-19(14-16-28-31(2,23)24)21(30-32(3,25)26)17-20(18)29-22-13-10-11-15-27-22/h18-22H,4-17H2,1-3H3/t18?,19-,20-,21+,22?/m1/s1. The fourth-order valence-electron chi connectivity index (χ4n) is 4.93. The Morgan fingerprint density at radius 3 is 2.16 bits per heavy atom. The summed E-state index contributed by atoms with van der Waals surface area (Å²) in [7, 11) is -7.22. The zero-order chi connectivity index (χ0) is 23.6. The summed E-state index contributed by atoms with van der Waals surface area (Å²) in [5.41, 5.74) is 0. The molecule has 0 aromatic heterocycles. The molecule has 1 aliphatic carbocycles. The summed E-state index contributed by atoms with van der Waals surface area (Å²) in [6, 6.07) is 0. The zero-order valence-corrected chi connectivity index (χ0v) is 21.5. The first kappa shape index (κ1) is 28.0. The summed E-state index contributed by atoms with van der Waals surface area (Å²) in [5.74, 6) is -0.0858. The molecule has 0 aromatic carbocycles. The van der Waals surface area contributed by atoms with E-state index in [1.807, 2.05) is 0 Å². The van der Waals surface area contributed by atoms with E-state index in [4.69, 9.17) is 17.8 Å². The van der Waals surface area contributed by atoms with Crippen molar-refractivity contribution in [3.05, 3.63) is 0 Å². The van der Waals surface area contributed by atoms with Gasteiger partial charge in [-0.3, -0.25) is 8.37 Å². The molecule has 2 fully saturated rings. The Morgan fingerprint density at radius 1 is 0.844 bits per heavy atom. The van der Waals surface area contributed by atoms with Gasteiger partial charge in [-0.1, -0.05) is 45.4 Å². The van der Waals surface area contributed by atoms with Crippen molar-refractivity contribution < 1.29 is 34.7 Å². The molecule has 1 saturated carbocycles. The fraction of sp³-hybridized carbons (Fsp3) is 1.00. The minimum absolute atomic E-state index is 0.00672. The highest BCUT2D eigenvalue weighted by atomic mass is 32.2. The summed E-state index contributed by atoms with van der Waals surface area (Å²) in [5, 5.41) is 0. The van der Waals surface area contributed by atoms with Gasteiger partial charge < -0.3 is 9.47 Å². The monoisotopic (exact) mass is 498 g/mol. The smallest absolute Gasteiger partial charge is 0.264 e. The van der Waals surface area contributed by atoms with Crippen molar-refractivity contribution in [1.82, 2.24) is 0 Å². The Labute approximate surface area is 195 Å². The normalized spacial score (nSPS) is 29.4. The van der Waals surface area contributed by atoms with Crippen LogP contribution in [0.5, 0.6) is 0 Å². The molecule has 0 amide bonds. The largest absolute Gasteiger partial charge is 0.353 e. The molecular weight excluding hydrogens is 456 g/mol. The maximum atomic E-state index is 11.9. The van der Waals surface area contributed by atoms with Crippen molar-refractivity contribution in [3.8, 4) is 0 Å². The maximum absolute atomic E-state index is 11.9. The lowest BCUT2D eigenvalue weighted by atomic mass is 9.86. The Kier molecular flexibility index (Phi) is 11.9.